The molecule has 0 aliphatic rings. The molecule has 0 atom stereocenters. The van der Waals surface area contributed by atoms with Crippen molar-refractivity contribution in [1.29, 1.82) is 0 Å². The van der Waals surface area contributed by atoms with E-state index in [0.717, 1.165) is 15.8 Å². The number of aromatic hydroxyl groups is 1. The highest BCUT2D eigenvalue weighted by Crippen LogP contribution is 2.24. The highest BCUT2D eigenvalue weighted by atomic mass is 32.1. The maximum absolute atomic E-state index is 11.7. The van der Waals surface area contributed by atoms with Crippen molar-refractivity contribution in [2.24, 2.45) is 0 Å². The molecule has 0 radical (unpaired) electrons. The van der Waals surface area contributed by atoms with Crippen LogP contribution in [0.4, 0.5) is 10.5 Å². The molecule has 7 heteroatoms. The molecule has 2 aromatic rings. The summed E-state index contributed by atoms with van der Waals surface area (Å²) in [4.78, 5) is 24.6. The summed E-state index contributed by atoms with van der Waals surface area (Å²) in [5.74, 6) is -1.44. The molecule has 1 aromatic heterocycles. The Morgan fingerprint density at radius 1 is 1.24 bits per heavy atom. The predicted octanol–water partition coefficient (Wildman–Crippen LogP) is 2.78. The number of carbonyl (C=O) groups excluding carboxylic acids is 1. The van der Waals surface area contributed by atoms with E-state index in [1.807, 2.05) is 19.1 Å². The summed E-state index contributed by atoms with van der Waals surface area (Å²) >= 11 is 1.59. The van der Waals surface area contributed by atoms with E-state index >= 15 is 0 Å². The average Bonchev–Trinajstić information content (AvgIpc) is 2.84. The fourth-order valence-electron chi connectivity index (χ4n) is 1.68. The normalized spacial score (nSPS) is 10.1. The predicted molar refractivity (Wildman–Crippen MR) is 80.0 cm³/mol. The van der Waals surface area contributed by atoms with Crippen LogP contribution in [0.5, 0.6) is 5.75 Å². The Morgan fingerprint density at radius 2 is 2.00 bits per heavy atom. The number of hydrogen-bond donors (Lipinski definition) is 4. The van der Waals surface area contributed by atoms with Crippen molar-refractivity contribution in [1.82, 2.24) is 5.32 Å². The Hall–Kier alpha value is -2.54. The monoisotopic (exact) mass is 306 g/mol. The zero-order valence-electron chi connectivity index (χ0n) is 11.2. The Kier molecular flexibility index (Phi) is 4.44. The van der Waals surface area contributed by atoms with Gasteiger partial charge in [0.2, 0.25) is 0 Å². The van der Waals surface area contributed by atoms with Gasteiger partial charge in [0.1, 0.15) is 5.75 Å². The number of nitrogens with one attached hydrogen (secondary N) is 2. The van der Waals surface area contributed by atoms with E-state index in [1.165, 1.54) is 12.1 Å². The highest BCUT2D eigenvalue weighted by molar-refractivity contribution is 7.11. The number of benzene rings is 1. The van der Waals surface area contributed by atoms with Gasteiger partial charge >= 0.3 is 12.0 Å². The summed E-state index contributed by atoms with van der Waals surface area (Å²) in [5.41, 5.74) is 0.104. The van der Waals surface area contributed by atoms with E-state index < -0.39 is 12.0 Å². The maximum atomic E-state index is 11.7. The van der Waals surface area contributed by atoms with E-state index in [0.29, 0.717) is 6.54 Å². The molecule has 4 N–H and O–H groups in total. The Bertz CT molecular complexity index is 681. The first-order chi connectivity index (χ1) is 9.95. The number of aromatic carboxylic acids is 1. The molecular formula is C14H14N2O4S. The van der Waals surface area contributed by atoms with Gasteiger partial charge in [-0.2, -0.15) is 0 Å². The van der Waals surface area contributed by atoms with Crippen molar-refractivity contribution in [3.63, 3.8) is 0 Å². The molecule has 1 heterocycles. The third kappa shape index (κ3) is 3.96. The fraction of sp³-hybridized carbons (Fsp3) is 0.143. The number of urea groups is 1. The van der Waals surface area contributed by atoms with Crippen LogP contribution in [0.15, 0.2) is 30.3 Å². The number of phenols is 1. The van der Waals surface area contributed by atoms with Crippen molar-refractivity contribution >= 4 is 29.0 Å². The highest BCUT2D eigenvalue weighted by Gasteiger charge is 2.10. The molecule has 21 heavy (non-hydrogen) atoms. The number of carboxylic acid groups (broad SMARTS) is 1. The molecule has 6 nitrogen and oxygen atoms in total. The van der Waals surface area contributed by atoms with Gasteiger partial charge in [0.05, 0.1) is 17.8 Å². The summed E-state index contributed by atoms with van der Waals surface area (Å²) < 4.78 is 0. The minimum atomic E-state index is -1.14. The largest absolute Gasteiger partial charge is 0.506 e. The van der Waals surface area contributed by atoms with E-state index in [9.17, 15) is 14.7 Å². The second-order valence-corrected chi connectivity index (χ2v) is 5.73. The lowest BCUT2D eigenvalue weighted by atomic mass is 10.2. The van der Waals surface area contributed by atoms with Crippen LogP contribution in [0, 0.1) is 6.92 Å². The lowest BCUT2D eigenvalue weighted by Crippen LogP contribution is -2.27. The number of rotatable bonds is 4. The fourth-order valence-corrected chi connectivity index (χ4v) is 2.51. The molecule has 0 bridgehead atoms. The van der Waals surface area contributed by atoms with Crippen molar-refractivity contribution in [3.8, 4) is 5.75 Å². The average molecular weight is 306 g/mol. The van der Waals surface area contributed by atoms with Gasteiger partial charge in [0.15, 0.2) is 0 Å². The second-order valence-electron chi connectivity index (χ2n) is 4.36. The smallest absolute Gasteiger partial charge is 0.335 e. The Balaban J connectivity index is 1.94. The molecule has 0 saturated carbocycles. The Morgan fingerprint density at radius 3 is 2.57 bits per heavy atom. The Labute approximate surface area is 125 Å². The number of thiophene rings is 1. The van der Waals surface area contributed by atoms with Crippen LogP contribution in [0.2, 0.25) is 0 Å². The summed E-state index contributed by atoms with van der Waals surface area (Å²) in [6, 6.07) is 7.16. The zero-order chi connectivity index (χ0) is 15.4. The van der Waals surface area contributed by atoms with Gasteiger partial charge in [-0.1, -0.05) is 0 Å². The SMILES string of the molecule is Cc1ccc(CNC(=O)Nc2ccc(C(=O)O)cc2O)s1. The zero-order valence-corrected chi connectivity index (χ0v) is 12.0. The molecule has 0 spiro atoms. The quantitative estimate of drug-likeness (QED) is 0.653. The molecule has 0 fully saturated rings. The van der Waals surface area contributed by atoms with Crippen LogP contribution >= 0.6 is 11.3 Å². The van der Waals surface area contributed by atoms with Gasteiger partial charge in [-0.15, -0.1) is 11.3 Å². The molecule has 0 saturated heterocycles. The van der Waals surface area contributed by atoms with E-state index in [2.05, 4.69) is 10.6 Å². The van der Waals surface area contributed by atoms with Gasteiger partial charge in [-0.05, 0) is 37.3 Å². The summed E-state index contributed by atoms with van der Waals surface area (Å²) in [6.45, 7) is 2.37. The number of phenolic OH excluding ortho intramolecular Hbond substituents is 1. The number of carbonyl (C=O) groups is 2. The standard InChI is InChI=1S/C14H14N2O4S/c1-8-2-4-10(21-8)7-15-14(20)16-11-5-3-9(13(18)19)6-12(11)17/h2-6,17H,7H2,1H3,(H,18,19)(H2,15,16,20). The van der Waals surface area contributed by atoms with Crippen molar-refractivity contribution in [3.05, 3.63) is 45.6 Å². The first kappa shape index (κ1) is 14.9. The molecule has 0 unspecified atom stereocenters. The van der Waals surface area contributed by atoms with Gasteiger partial charge in [-0.3, -0.25) is 0 Å². The second kappa shape index (κ2) is 6.27. The number of anilines is 1. The van der Waals surface area contributed by atoms with Crippen LogP contribution in [-0.2, 0) is 6.54 Å². The number of hydrogen-bond acceptors (Lipinski definition) is 4. The van der Waals surface area contributed by atoms with Crippen molar-refractivity contribution in [2.75, 3.05) is 5.32 Å². The summed E-state index contributed by atoms with van der Waals surface area (Å²) in [7, 11) is 0. The van der Waals surface area contributed by atoms with Gasteiger partial charge in [0.25, 0.3) is 0 Å². The van der Waals surface area contributed by atoms with Gasteiger partial charge in [0, 0.05) is 9.75 Å². The van der Waals surface area contributed by atoms with E-state index in [-0.39, 0.29) is 17.0 Å². The van der Waals surface area contributed by atoms with Crippen molar-refractivity contribution in [2.45, 2.75) is 13.5 Å². The summed E-state index contributed by atoms with van der Waals surface area (Å²) in [6.07, 6.45) is 0. The lowest BCUT2D eigenvalue weighted by Gasteiger charge is -2.09. The van der Waals surface area contributed by atoms with Crippen LogP contribution in [0.25, 0.3) is 0 Å². The molecule has 2 rings (SSSR count). The van der Waals surface area contributed by atoms with E-state index in [1.54, 1.807) is 11.3 Å². The van der Waals surface area contributed by atoms with Gasteiger partial charge < -0.3 is 20.8 Å². The first-order valence-corrected chi connectivity index (χ1v) is 6.94. The maximum Gasteiger partial charge on any atom is 0.335 e. The van der Waals surface area contributed by atoms with Gasteiger partial charge in [-0.25, -0.2) is 9.59 Å². The minimum absolute atomic E-state index is 0.0486. The number of amides is 2. The van der Waals surface area contributed by atoms with Crippen LogP contribution < -0.4 is 10.6 Å². The minimum Gasteiger partial charge on any atom is -0.506 e. The number of aryl methyl sites for hydroxylation is 1. The molecular weight excluding hydrogens is 292 g/mol. The third-order valence-electron chi connectivity index (χ3n) is 2.71. The van der Waals surface area contributed by atoms with E-state index in [4.69, 9.17) is 5.11 Å². The summed E-state index contributed by atoms with van der Waals surface area (Å²) in [5, 5.41) is 23.6. The van der Waals surface area contributed by atoms with Crippen LogP contribution in [-0.4, -0.2) is 22.2 Å². The van der Waals surface area contributed by atoms with Crippen LogP contribution in [0.1, 0.15) is 20.1 Å². The molecule has 1 aromatic carbocycles. The molecule has 110 valence electrons. The number of carboxylic acids is 1. The molecule has 2 amide bonds. The topological polar surface area (TPSA) is 98.7 Å². The molecule has 0 aliphatic heterocycles. The molecule has 0 aliphatic carbocycles. The first-order valence-electron chi connectivity index (χ1n) is 6.12. The third-order valence-corrected chi connectivity index (χ3v) is 3.71. The van der Waals surface area contributed by atoms with Crippen LogP contribution in [0.3, 0.4) is 0 Å². The van der Waals surface area contributed by atoms with Crippen molar-refractivity contribution < 1.29 is 19.8 Å². The lowest BCUT2D eigenvalue weighted by molar-refractivity contribution is 0.0696.